The van der Waals surface area contributed by atoms with E-state index in [1.165, 1.54) is 0 Å². The third-order valence-corrected chi connectivity index (χ3v) is 4.68. The zero-order chi connectivity index (χ0) is 13.9. The number of benzene rings is 1. The lowest BCUT2D eigenvalue weighted by molar-refractivity contribution is 0.584. The highest BCUT2D eigenvalue weighted by molar-refractivity contribution is 7.93. The summed E-state index contributed by atoms with van der Waals surface area (Å²) < 4.78 is 27.0. The number of nitrogens with zero attached hydrogens (tertiary/aromatic N) is 1. The SMILES string of the molecule is CNCC(C)S(=O)(=O)Nc1cccc2cnccc12. The van der Waals surface area contributed by atoms with Crippen molar-refractivity contribution in [2.75, 3.05) is 18.3 Å². The molecule has 0 radical (unpaired) electrons. The van der Waals surface area contributed by atoms with Gasteiger partial charge in [-0.25, -0.2) is 8.42 Å². The third kappa shape index (κ3) is 3.02. The molecule has 19 heavy (non-hydrogen) atoms. The normalized spacial score (nSPS) is 13.4. The molecule has 1 unspecified atom stereocenters. The number of aromatic nitrogens is 1. The molecule has 1 aromatic carbocycles. The standard InChI is InChI=1S/C13H17N3O2S/c1-10(8-14-2)19(17,18)16-13-5-3-4-11-9-15-7-6-12(11)13/h3-7,9-10,14,16H,8H2,1-2H3. The van der Waals surface area contributed by atoms with Gasteiger partial charge in [-0.2, -0.15) is 0 Å². The number of pyridine rings is 1. The maximum absolute atomic E-state index is 12.2. The Labute approximate surface area is 113 Å². The first kappa shape index (κ1) is 13.8. The van der Waals surface area contributed by atoms with Crippen molar-refractivity contribution >= 4 is 26.5 Å². The quantitative estimate of drug-likeness (QED) is 0.872. The van der Waals surface area contributed by atoms with Gasteiger partial charge in [-0.05, 0) is 26.1 Å². The fourth-order valence-corrected chi connectivity index (χ4v) is 2.93. The Kier molecular flexibility index (Phi) is 4.01. The summed E-state index contributed by atoms with van der Waals surface area (Å²) in [5.41, 5.74) is 0.586. The summed E-state index contributed by atoms with van der Waals surface area (Å²) in [5.74, 6) is 0. The Balaban J connectivity index is 2.36. The molecule has 2 N–H and O–H groups in total. The van der Waals surface area contributed by atoms with Gasteiger partial charge in [-0.15, -0.1) is 0 Å². The van der Waals surface area contributed by atoms with Crippen molar-refractivity contribution in [1.82, 2.24) is 10.3 Å². The van der Waals surface area contributed by atoms with Crippen LogP contribution in [0, 0.1) is 0 Å². The second-order valence-corrected chi connectivity index (χ2v) is 6.52. The Bertz CT molecular complexity index is 665. The molecule has 5 nitrogen and oxygen atoms in total. The van der Waals surface area contributed by atoms with E-state index in [4.69, 9.17) is 0 Å². The summed E-state index contributed by atoms with van der Waals surface area (Å²) >= 11 is 0. The molecular weight excluding hydrogens is 262 g/mol. The lowest BCUT2D eigenvalue weighted by Crippen LogP contribution is -2.33. The van der Waals surface area contributed by atoms with Crippen LogP contribution in [0.4, 0.5) is 5.69 Å². The van der Waals surface area contributed by atoms with Crippen LogP contribution in [-0.4, -0.2) is 32.2 Å². The highest BCUT2D eigenvalue weighted by Crippen LogP contribution is 2.23. The largest absolute Gasteiger partial charge is 0.318 e. The van der Waals surface area contributed by atoms with Crippen LogP contribution in [-0.2, 0) is 10.0 Å². The maximum atomic E-state index is 12.2. The molecule has 1 atom stereocenters. The van der Waals surface area contributed by atoms with Crippen molar-refractivity contribution in [3.8, 4) is 0 Å². The van der Waals surface area contributed by atoms with Crippen LogP contribution in [0.25, 0.3) is 10.8 Å². The first-order valence-corrected chi connectivity index (χ1v) is 7.58. The lowest BCUT2D eigenvalue weighted by Gasteiger charge is -2.15. The summed E-state index contributed by atoms with van der Waals surface area (Å²) in [4.78, 5) is 4.03. The number of anilines is 1. The smallest absolute Gasteiger partial charge is 0.236 e. The number of sulfonamides is 1. The number of hydrogen-bond donors (Lipinski definition) is 2. The molecule has 0 aliphatic heterocycles. The van der Waals surface area contributed by atoms with E-state index < -0.39 is 15.3 Å². The number of hydrogen-bond acceptors (Lipinski definition) is 4. The van der Waals surface area contributed by atoms with Crippen molar-refractivity contribution in [3.63, 3.8) is 0 Å². The predicted molar refractivity (Wildman–Crippen MR) is 77.7 cm³/mol. The van der Waals surface area contributed by atoms with Crippen LogP contribution in [0.5, 0.6) is 0 Å². The second kappa shape index (κ2) is 5.54. The fourth-order valence-electron chi connectivity index (χ4n) is 1.86. The van der Waals surface area contributed by atoms with Crippen molar-refractivity contribution in [1.29, 1.82) is 0 Å². The van der Waals surface area contributed by atoms with E-state index >= 15 is 0 Å². The summed E-state index contributed by atoms with van der Waals surface area (Å²) in [6, 6.07) is 7.27. The minimum absolute atomic E-state index is 0.404. The molecule has 0 spiro atoms. The van der Waals surface area contributed by atoms with Gasteiger partial charge >= 0.3 is 0 Å². The second-order valence-electron chi connectivity index (χ2n) is 4.42. The summed E-state index contributed by atoms with van der Waals surface area (Å²) in [7, 11) is -1.67. The van der Waals surface area contributed by atoms with Crippen molar-refractivity contribution < 1.29 is 8.42 Å². The zero-order valence-corrected chi connectivity index (χ0v) is 11.7. The Morgan fingerprint density at radius 2 is 2.11 bits per heavy atom. The van der Waals surface area contributed by atoms with Gasteiger partial charge in [0.05, 0.1) is 10.9 Å². The summed E-state index contributed by atoms with van der Waals surface area (Å²) in [6.07, 6.45) is 3.36. The number of nitrogens with one attached hydrogen (secondary N) is 2. The van der Waals surface area contributed by atoms with Crippen LogP contribution in [0.3, 0.4) is 0 Å². The number of fused-ring (bicyclic) bond motifs is 1. The topological polar surface area (TPSA) is 71.1 Å². The van der Waals surface area contributed by atoms with Gasteiger partial charge in [0.15, 0.2) is 0 Å². The molecular formula is C13H17N3O2S. The lowest BCUT2D eigenvalue weighted by atomic mass is 10.1. The molecule has 0 bridgehead atoms. The van der Waals surface area contributed by atoms with Gasteiger partial charge in [0.2, 0.25) is 10.0 Å². The first-order valence-electron chi connectivity index (χ1n) is 6.03. The van der Waals surface area contributed by atoms with Crippen LogP contribution in [0.1, 0.15) is 6.92 Å². The molecule has 0 amide bonds. The fraction of sp³-hybridized carbons (Fsp3) is 0.308. The zero-order valence-electron chi connectivity index (χ0n) is 10.9. The molecule has 1 heterocycles. The Morgan fingerprint density at radius 3 is 2.84 bits per heavy atom. The van der Waals surface area contributed by atoms with Gasteiger partial charge < -0.3 is 5.32 Å². The van der Waals surface area contributed by atoms with E-state index in [1.807, 2.05) is 12.1 Å². The van der Waals surface area contributed by atoms with E-state index in [0.29, 0.717) is 12.2 Å². The monoisotopic (exact) mass is 279 g/mol. The molecule has 0 saturated heterocycles. The predicted octanol–water partition coefficient (Wildman–Crippen LogP) is 1.58. The average molecular weight is 279 g/mol. The Hall–Kier alpha value is -1.66. The molecule has 2 rings (SSSR count). The molecule has 6 heteroatoms. The Morgan fingerprint density at radius 1 is 1.32 bits per heavy atom. The number of rotatable bonds is 5. The van der Waals surface area contributed by atoms with E-state index in [0.717, 1.165) is 10.8 Å². The summed E-state index contributed by atoms with van der Waals surface area (Å²) in [5, 5.41) is 4.11. The highest BCUT2D eigenvalue weighted by Gasteiger charge is 2.20. The van der Waals surface area contributed by atoms with Crippen molar-refractivity contribution in [2.45, 2.75) is 12.2 Å². The van der Waals surface area contributed by atoms with Gasteiger partial charge in [0, 0.05) is 29.7 Å². The maximum Gasteiger partial charge on any atom is 0.236 e. The van der Waals surface area contributed by atoms with Crippen LogP contribution < -0.4 is 10.0 Å². The van der Waals surface area contributed by atoms with Gasteiger partial charge in [0.25, 0.3) is 0 Å². The molecule has 102 valence electrons. The molecule has 0 aliphatic carbocycles. The summed E-state index contributed by atoms with van der Waals surface area (Å²) in [6.45, 7) is 2.08. The van der Waals surface area contributed by atoms with E-state index in [1.54, 1.807) is 38.5 Å². The van der Waals surface area contributed by atoms with Crippen LogP contribution in [0.15, 0.2) is 36.7 Å². The van der Waals surface area contributed by atoms with Crippen molar-refractivity contribution in [2.24, 2.45) is 0 Å². The van der Waals surface area contributed by atoms with E-state index in [2.05, 4.69) is 15.0 Å². The molecule has 1 aromatic heterocycles. The average Bonchev–Trinajstić information content (AvgIpc) is 2.39. The van der Waals surface area contributed by atoms with Gasteiger partial charge in [-0.1, -0.05) is 12.1 Å². The molecule has 2 aromatic rings. The van der Waals surface area contributed by atoms with E-state index in [-0.39, 0.29) is 0 Å². The minimum atomic E-state index is -3.40. The molecule has 0 aliphatic rings. The molecule has 0 fully saturated rings. The first-order chi connectivity index (χ1) is 9.04. The minimum Gasteiger partial charge on any atom is -0.318 e. The van der Waals surface area contributed by atoms with Gasteiger partial charge in [-0.3, -0.25) is 9.71 Å². The van der Waals surface area contributed by atoms with Crippen molar-refractivity contribution in [3.05, 3.63) is 36.7 Å². The van der Waals surface area contributed by atoms with Crippen LogP contribution in [0.2, 0.25) is 0 Å². The van der Waals surface area contributed by atoms with Gasteiger partial charge in [0.1, 0.15) is 0 Å². The van der Waals surface area contributed by atoms with E-state index in [9.17, 15) is 8.42 Å². The van der Waals surface area contributed by atoms with Crippen LogP contribution >= 0.6 is 0 Å². The highest BCUT2D eigenvalue weighted by atomic mass is 32.2. The third-order valence-electron chi connectivity index (χ3n) is 2.95. The molecule has 0 saturated carbocycles.